The summed E-state index contributed by atoms with van der Waals surface area (Å²) in [5.74, 6) is -17.8. The summed E-state index contributed by atoms with van der Waals surface area (Å²) in [5, 5.41) is 63.6. The summed E-state index contributed by atoms with van der Waals surface area (Å²) in [7, 11) is 1.94. The number of hydrogen-bond acceptors (Lipinski definition) is 24. The lowest BCUT2D eigenvalue weighted by molar-refractivity contribution is -0.149. The number of guanidine groups is 1. The first kappa shape index (κ1) is 112. The topological polar surface area (TPSA) is 639 Å². The van der Waals surface area contributed by atoms with Crippen molar-refractivity contribution in [2.45, 2.75) is 312 Å². The minimum Gasteiger partial charge on any atom is -0.481 e. The van der Waals surface area contributed by atoms with Crippen molar-refractivity contribution in [2.24, 2.45) is 29.0 Å². The molecule has 4 unspecified atom stereocenters. The number of carboxylic acid groups (broad SMARTS) is 1. The fourth-order valence-electron chi connectivity index (χ4n) is 18.1. The van der Waals surface area contributed by atoms with Crippen LogP contribution < -0.4 is 86.3 Å². The lowest BCUT2D eigenvalue weighted by Crippen LogP contribution is -2.61. The number of amides is 18. The number of aliphatic carboxylic acids is 1. The molecule has 2 aromatic carbocycles. The Morgan fingerprint density at radius 2 is 1.20 bits per heavy atom. The number of carbonyl (C=O) groups excluding carboxylic acids is 18. The third-order valence-corrected chi connectivity index (χ3v) is 28.0. The van der Waals surface area contributed by atoms with Crippen molar-refractivity contribution in [1.29, 1.82) is 5.41 Å². The molecule has 8 rings (SSSR count). The molecule has 6 aliphatic heterocycles. The monoisotopic (exact) mass is 1990 g/mol. The Morgan fingerprint density at radius 3 is 1.83 bits per heavy atom. The van der Waals surface area contributed by atoms with E-state index in [4.69, 9.17) is 34.2 Å². The summed E-state index contributed by atoms with van der Waals surface area (Å²) < 4.78 is 0. The van der Waals surface area contributed by atoms with Crippen molar-refractivity contribution < 1.29 is 101 Å². The summed E-state index contributed by atoms with van der Waals surface area (Å²) in [6.07, 6.45) is 1.50. The van der Waals surface area contributed by atoms with Crippen LogP contribution in [0.2, 0.25) is 5.02 Å². The van der Waals surface area contributed by atoms with Gasteiger partial charge in [0.05, 0.1) is 6.61 Å². The first-order valence-electron chi connectivity index (χ1n) is 47.7. The highest BCUT2D eigenvalue weighted by atomic mass is 35.5. The average molecular weight is 1990 g/mol. The number of aliphatic hydroxyl groups is 1. The van der Waals surface area contributed by atoms with Crippen LogP contribution in [0.1, 0.15) is 201 Å². The van der Waals surface area contributed by atoms with Crippen molar-refractivity contribution in [3.63, 3.8) is 0 Å². The van der Waals surface area contributed by atoms with Crippen molar-refractivity contribution >= 4 is 151 Å². The van der Waals surface area contributed by atoms with E-state index in [0.717, 1.165) is 21.6 Å². The number of rotatable bonds is 35. The van der Waals surface area contributed by atoms with E-state index in [1.807, 2.05) is 6.92 Å². The molecule has 2 bridgehead atoms. The van der Waals surface area contributed by atoms with Crippen LogP contribution in [0.3, 0.4) is 0 Å². The average Bonchev–Trinajstić information content (AvgIpc) is 1.63. The summed E-state index contributed by atoms with van der Waals surface area (Å²) >= 11 is 6.54. The van der Waals surface area contributed by atoms with Gasteiger partial charge in [-0.1, -0.05) is 123 Å². The molecule has 6 saturated heterocycles. The maximum absolute atomic E-state index is 15.7. The van der Waals surface area contributed by atoms with Crippen LogP contribution in [-0.2, 0) is 104 Å². The van der Waals surface area contributed by atoms with Crippen molar-refractivity contribution in [3.05, 3.63) is 70.7 Å². The molecule has 0 aliphatic carbocycles. The Morgan fingerprint density at radius 1 is 0.594 bits per heavy atom. The van der Waals surface area contributed by atoms with E-state index in [1.165, 1.54) is 38.3 Å². The largest absolute Gasteiger partial charge is 0.481 e. The zero-order valence-electron chi connectivity index (χ0n) is 79.7. The van der Waals surface area contributed by atoms with E-state index in [-0.39, 0.29) is 159 Å². The molecule has 138 heavy (non-hydrogen) atoms. The molecule has 43 nitrogen and oxygen atoms in total. The van der Waals surface area contributed by atoms with E-state index in [0.29, 0.717) is 49.7 Å². The van der Waals surface area contributed by atoms with Gasteiger partial charge in [-0.05, 0) is 171 Å². The van der Waals surface area contributed by atoms with E-state index < -0.39 is 252 Å². The van der Waals surface area contributed by atoms with Crippen molar-refractivity contribution in [3.8, 4) is 0 Å². The number of unbranched alkanes of at least 4 members (excludes halogenated alkanes) is 2. The molecule has 6 aliphatic rings. The van der Waals surface area contributed by atoms with Gasteiger partial charge < -0.3 is 121 Å². The highest BCUT2D eigenvalue weighted by molar-refractivity contribution is 8.76. The van der Waals surface area contributed by atoms with Gasteiger partial charge in [0.25, 0.3) is 0 Å². The molecular weight excluding hydrogens is 1850 g/mol. The van der Waals surface area contributed by atoms with Crippen molar-refractivity contribution in [1.82, 2.24) is 93.6 Å². The number of benzene rings is 2. The molecule has 0 saturated carbocycles. The van der Waals surface area contributed by atoms with Gasteiger partial charge >= 0.3 is 5.97 Å². The number of carboxylic acids is 1. The number of nitrogens with zero attached hydrogens (tertiary/aromatic N) is 5. The number of nitrogens with two attached hydrogens (primary N) is 3. The molecule has 0 aromatic heterocycles. The van der Waals surface area contributed by atoms with E-state index in [1.54, 1.807) is 89.2 Å². The van der Waals surface area contributed by atoms with Crippen LogP contribution in [0.4, 0.5) is 0 Å². The van der Waals surface area contributed by atoms with Crippen LogP contribution in [0.5, 0.6) is 0 Å². The fourth-order valence-corrected chi connectivity index (χ4v) is 20.5. The first-order valence-corrected chi connectivity index (χ1v) is 50.6. The van der Waals surface area contributed by atoms with Gasteiger partial charge in [0.1, 0.15) is 103 Å². The number of likely N-dealkylation sites (tertiary alicyclic amines) is 3. The van der Waals surface area contributed by atoms with Gasteiger partial charge in [-0.15, -0.1) is 0 Å². The van der Waals surface area contributed by atoms with Gasteiger partial charge in [-0.2, -0.15) is 0 Å². The maximum Gasteiger partial charge on any atom is 0.303 e. The van der Waals surface area contributed by atoms with E-state index in [2.05, 4.69) is 69.1 Å². The number of halogens is 1. The van der Waals surface area contributed by atoms with E-state index >= 15 is 43.2 Å². The molecule has 18 atom stereocenters. The number of fused-ring (bicyclic) bond motifs is 3. The molecule has 18 amide bonds. The molecule has 762 valence electrons. The molecule has 0 spiro atoms. The van der Waals surface area contributed by atoms with E-state index in [9.17, 15) is 58.2 Å². The number of hydrogen-bond donors (Lipinski definition) is 19. The van der Waals surface area contributed by atoms with Gasteiger partial charge in [0, 0.05) is 81.5 Å². The SMILES string of the molecule is CCCC[C@H]1C(=O)N2CCC[C@H]2C(=O)NC(C)C(=O)N[C@@H](CO)C(=O)N[C@@H](Cc2ccccc2)C(=O)N[C@H](C(=O)NC(CCCCN)C(=O)N2CCC[C@H]2C(=O)N2CCC[C@H]2C(=O)N[C@@H](CCC(=O)O)C(N)=O)CSSCCC(NC(=O)[C@H](Cc2cccc(Cl)c2)NC(=O)[C@@H]2CCCN2C(=O)[C@@H](NC(C)=O)C(C)C)C(=O)N[C@@H](CC(C)C)C(=O)N[C@@H](CCCNC(=N)N)C(=O)N[C@H]2CC(C)N1C2=O. The van der Waals surface area contributed by atoms with Gasteiger partial charge in [-0.25, -0.2) is 0 Å². The summed E-state index contributed by atoms with van der Waals surface area (Å²) in [4.78, 5) is 283. The van der Waals surface area contributed by atoms with Crippen LogP contribution in [0.25, 0.3) is 0 Å². The molecular formula is C92H139ClN22O21S2. The minimum absolute atomic E-state index is 0.00558. The van der Waals surface area contributed by atoms with Crippen LogP contribution >= 0.6 is 33.2 Å². The second-order valence-electron chi connectivity index (χ2n) is 36.8. The summed E-state index contributed by atoms with van der Waals surface area (Å²) in [6.45, 7) is 12.4. The number of aliphatic hydroxyl groups excluding tert-OH is 1. The van der Waals surface area contributed by atoms with Gasteiger partial charge in [-0.3, -0.25) is 96.5 Å². The quantitative estimate of drug-likeness (QED) is 0.0159. The zero-order chi connectivity index (χ0) is 101. The molecule has 0 radical (unpaired) electrons. The van der Waals surface area contributed by atoms with Crippen molar-refractivity contribution in [2.75, 3.05) is 57.4 Å². The van der Waals surface area contributed by atoms with Crippen LogP contribution in [-0.4, -0.2) is 319 Å². The predicted molar refractivity (Wildman–Crippen MR) is 512 cm³/mol. The second-order valence-corrected chi connectivity index (χ2v) is 39.9. The Bertz CT molecular complexity index is 4660. The highest BCUT2D eigenvalue weighted by Crippen LogP contribution is 2.32. The first-order chi connectivity index (χ1) is 65.6. The Balaban J connectivity index is 1.20. The Hall–Kier alpha value is -11.4. The van der Waals surface area contributed by atoms with Gasteiger partial charge in [0.15, 0.2) is 5.96 Å². The number of nitrogens with one attached hydrogen (secondary N) is 14. The predicted octanol–water partition coefficient (Wildman–Crippen LogP) is -1.65. The maximum atomic E-state index is 15.7. The minimum atomic E-state index is -1.83. The summed E-state index contributed by atoms with van der Waals surface area (Å²) in [6, 6.07) is -9.88. The Labute approximate surface area is 816 Å². The summed E-state index contributed by atoms with van der Waals surface area (Å²) in [5.41, 5.74) is 18.1. The lowest BCUT2D eigenvalue weighted by atomic mass is 10.0. The second kappa shape index (κ2) is 54.8. The van der Waals surface area contributed by atoms with Crippen LogP contribution in [0.15, 0.2) is 54.6 Å². The molecule has 6 fully saturated rings. The van der Waals surface area contributed by atoms with Gasteiger partial charge in [0.2, 0.25) is 106 Å². The normalized spacial score (nSPS) is 25.2. The molecule has 22 N–H and O–H groups in total. The third kappa shape index (κ3) is 32.6. The molecule has 2 aromatic rings. The standard InChI is InChI=1S/C92H139ClN22O21S2/c1-9-10-28-72-90(135)112-39-18-29-68(112)84(129)99-53(7)76(121)109-66(48-116)82(127)106-63(46-55-22-12-11-13-23-55)81(126)110-67(83(128)104-61(26-14-15-36-94)87(132)114-41-21-32-71(114)89(134)111-38-19-30-69(111)85(130)101-58(75(95)120)33-34-73(118)119)49-138-137-42-35-60(78(123)105-62(43-50(2)3)79(124)102-59(27-17-37-98-92(96)97)77(122)108-65-44-52(6)115(72)88(65)133)103-80(125)64(47-56-24-16-25-57(93)45-56)107-86(131)70-31-20-40-113(70)91(136)74(51(4)5)100-54(8)117/h11-13,16,22-25,45,50-53,58-72,74,116H,9-10,14-15,17-21,26-44,46-49,94H2,1-8H3,(H2,95,120)(H,99,129)(H,100,117)(H,101,130)(H,102,124)(H,103,125)(H,104,128)(H,105,123)(H,106,127)(H,107,131)(H,108,122)(H,109,121)(H,110,126)(H,118,119)(H4,96,97,98)/t52?,53?,58-,59-,60?,61?,62-,63-,64-,65-,66-,67-,68-,69-,70-,71-,72-,74-/m0/s1. The molecule has 6 heterocycles. The number of carbonyl (C=O) groups is 19. The Kier molecular flexibility index (Phi) is 44.4. The zero-order valence-corrected chi connectivity index (χ0v) is 82.1. The number of primary amides is 1. The lowest BCUT2D eigenvalue weighted by Gasteiger charge is -2.35. The fraction of sp³-hybridized carbons (Fsp3) is 0.652. The van der Waals surface area contributed by atoms with Crippen LogP contribution in [0, 0.1) is 17.2 Å². The third-order valence-electron chi connectivity index (χ3n) is 25.3. The molecule has 46 heteroatoms. The highest BCUT2D eigenvalue weighted by Gasteiger charge is 2.50. The smallest absolute Gasteiger partial charge is 0.303 e.